The Hall–Kier alpha value is -0.730. The zero-order valence-electron chi connectivity index (χ0n) is 8.69. The van der Waals surface area contributed by atoms with Crippen LogP contribution >= 0.6 is 11.6 Å². The van der Waals surface area contributed by atoms with Gasteiger partial charge in [-0.05, 0) is 37.0 Å². The standard InChI is InChI=1S/C12H16ClNO/c13-11-2-1-3-12(8-11)14-6-4-10(9-14)5-7-15/h1-3,8,10,15H,4-7,9H2. The molecule has 2 rings (SSSR count). The topological polar surface area (TPSA) is 23.5 Å². The van der Waals surface area contributed by atoms with E-state index in [-0.39, 0.29) is 0 Å². The van der Waals surface area contributed by atoms with Crippen molar-refractivity contribution < 1.29 is 5.11 Å². The molecule has 1 unspecified atom stereocenters. The lowest BCUT2D eigenvalue weighted by atomic mass is 10.1. The van der Waals surface area contributed by atoms with Gasteiger partial charge >= 0.3 is 0 Å². The van der Waals surface area contributed by atoms with Gasteiger partial charge in [0.05, 0.1) is 0 Å². The molecule has 1 aromatic carbocycles. The SMILES string of the molecule is OCCC1CCN(c2cccc(Cl)c2)C1. The fraction of sp³-hybridized carbons (Fsp3) is 0.500. The summed E-state index contributed by atoms with van der Waals surface area (Å²) in [7, 11) is 0. The molecule has 0 amide bonds. The summed E-state index contributed by atoms with van der Waals surface area (Å²) in [6, 6.07) is 7.97. The first-order chi connectivity index (χ1) is 7.29. The van der Waals surface area contributed by atoms with Crippen molar-refractivity contribution in [2.75, 3.05) is 24.6 Å². The molecule has 82 valence electrons. The average molecular weight is 226 g/mol. The molecule has 1 heterocycles. The first-order valence-corrected chi connectivity index (χ1v) is 5.79. The summed E-state index contributed by atoms with van der Waals surface area (Å²) in [5.74, 6) is 0.633. The lowest BCUT2D eigenvalue weighted by Crippen LogP contribution is -2.19. The molecule has 1 N–H and O–H groups in total. The number of benzene rings is 1. The third-order valence-corrected chi connectivity index (χ3v) is 3.23. The lowest BCUT2D eigenvalue weighted by molar-refractivity contribution is 0.263. The van der Waals surface area contributed by atoms with Crippen molar-refractivity contribution in [3.05, 3.63) is 29.3 Å². The molecular formula is C12H16ClNO. The molecule has 0 aliphatic carbocycles. The summed E-state index contributed by atoms with van der Waals surface area (Å²) in [6.45, 7) is 2.42. The highest BCUT2D eigenvalue weighted by Gasteiger charge is 2.21. The largest absolute Gasteiger partial charge is 0.396 e. The number of halogens is 1. The van der Waals surface area contributed by atoms with Crippen molar-refractivity contribution in [3.63, 3.8) is 0 Å². The molecule has 0 radical (unpaired) electrons. The van der Waals surface area contributed by atoms with E-state index >= 15 is 0 Å². The van der Waals surface area contributed by atoms with E-state index in [0.29, 0.717) is 12.5 Å². The van der Waals surface area contributed by atoms with Gasteiger partial charge in [-0.1, -0.05) is 17.7 Å². The monoisotopic (exact) mass is 225 g/mol. The molecule has 1 saturated heterocycles. The first kappa shape index (κ1) is 10.8. The Balaban J connectivity index is 2.01. The van der Waals surface area contributed by atoms with Crippen LogP contribution in [0.3, 0.4) is 0 Å². The van der Waals surface area contributed by atoms with Gasteiger partial charge in [0.15, 0.2) is 0 Å². The number of anilines is 1. The van der Waals surface area contributed by atoms with Gasteiger partial charge in [-0.25, -0.2) is 0 Å². The molecule has 3 heteroatoms. The minimum Gasteiger partial charge on any atom is -0.396 e. The Morgan fingerprint density at radius 3 is 3.07 bits per heavy atom. The van der Waals surface area contributed by atoms with Crippen LogP contribution in [0.4, 0.5) is 5.69 Å². The van der Waals surface area contributed by atoms with Gasteiger partial charge in [-0.15, -0.1) is 0 Å². The molecule has 1 aliphatic rings. The number of hydrogen-bond donors (Lipinski definition) is 1. The molecule has 0 aromatic heterocycles. The van der Waals surface area contributed by atoms with E-state index in [1.54, 1.807) is 0 Å². The van der Waals surface area contributed by atoms with Gasteiger partial charge in [0, 0.05) is 30.4 Å². The van der Waals surface area contributed by atoms with Gasteiger partial charge in [-0.2, -0.15) is 0 Å². The van der Waals surface area contributed by atoms with Crippen LogP contribution in [0.15, 0.2) is 24.3 Å². The maximum atomic E-state index is 8.89. The van der Waals surface area contributed by atoms with Crippen molar-refractivity contribution in [2.45, 2.75) is 12.8 Å². The second-order valence-electron chi connectivity index (χ2n) is 4.09. The smallest absolute Gasteiger partial charge is 0.0434 e. The zero-order valence-corrected chi connectivity index (χ0v) is 9.45. The van der Waals surface area contributed by atoms with E-state index in [1.165, 1.54) is 12.1 Å². The third-order valence-electron chi connectivity index (χ3n) is 3.00. The van der Waals surface area contributed by atoms with Crippen LogP contribution in [0.25, 0.3) is 0 Å². The fourth-order valence-corrected chi connectivity index (χ4v) is 2.34. The summed E-state index contributed by atoms with van der Waals surface area (Å²) >= 11 is 5.95. The number of hydrogen-bond acceptors (Lipinski definition) is 2. The van der Waals surface area contributed by atoms with Crippen molar-refractivity contribution in [3.8, 4) is 0 Å². The maximum absolute atomic E-state index is 8.89. The molecule has 1 aliphatic heterocycles. The summed E-state index contributed by atoms with van der Waals surface area (Å²) in [5, 5.41) is 9.68. The second-order valence-corrected chi connectivity index (χ2v) is 4.53. The number of rotatable bonds is 3. The van der Waals surface area contributed by atoms with Crippen molar-refractivity contribution in [1.29, 1.82) is 0 Å². The van der Waals surface area contributed by atoms with E-state index < -0.39 is 0 Å². The van der Waals surface area contributed by atoms with Crippen LogP contribution in [-0.4, -0.2) is 24.8 Å². The predicted octanol–water partition coefficient (Wildman–Crippen LogP) is 2.55. The van der Waals surface area contributed by atoms with Gasteiger partial charge < -0.3 is 10.0 Å². The highest BCUT2D eigenvalue weighted by molar-refractivity contribution is 6.30. The molecule has 0 saturated carbocycles. The Kier molecular flexibility index (Phi) is 3.49. The van der Waals surface area contributed by atoms with Crippen LogP contribution in [0.5, 0.6) is 0 Å². The Morgan fingerprint density at radius 1 is 1.47 bits per heavy atom. The summed E-state index contributed by atoms with van der Waals surface area (Å²) < 4.78 is 0. The number of aliphatic hydroxyl groups excluding tert-OH is 1. The zero-order chi connectivity index (χ0) is 10.7. The van der Waals surface area contributed by atoms with Crippen LogP contribution in [-0.2, 0) is 0 Å². The van der Waals surface area contributed by atoms with Crippen LogP contribution in [0, 0.1) is 5.92 Å². The minimum atomic E-state index is 0.300. The molecule has 15 heavy (non-hydrogen) atoms. The number of nitrogens with zero attached hydrogens (tertiary/aromatic N) is 1. The van der Waals surface area contributed by atoms with E-state index in [2.05, 4.69) is 11.0 Å². The molecule has 0 spiro atoms. The first-order valence-electron chi connectivity index (χ1n) is 5.41. The van der Waals surface area contributed by atoms with Gasteiger partial charge in [0.1, 0.15) is 0 Å². The second kappa shape index (κ2) is 4.86. The summed E-state index contributed by atoms with van der Waals surface area (Å²) in [4.78, 5) is 2.34. The van der Waals surface area contributed by atoms with Crippen molar-refractivity contribution in [1.82, 2.24) is 0 Å². The highest BCUT2D eigenvalue weighted by atomic mass is 35.5. The average Bonchev–Trinajstić information content (AvgIpc) is 2.67. The van der Waals surface area contributed by atoms with E-state index in [1.807, 2.05) is 18.2 Å². The summed E-state index contributed by atoms with van der Waals surface area (Å²) in [5.41, 5.74) is 1.20. The van der Waals surface area contributed by atoms with Gasteiger partial charge in [0.25, 0.3) is 0 Å². The van der Waals surface area contributed by atoms with E-state index in [9.17, 15) is 0 Å². The molecule has 0 bridgehead atoms. The minimum absolute atomic E-state index is 0.300. The molecule has 1 aromatic rings. The van der Waals surface area contributed by atoms with Crippen molar-refractivity contribution >= 4 is 17.3 Å². The lowest BCUT2D eigenvalue weighted by Gasteiger charge is -2.18. The van der Waals surface area contributed by atoms with E-state index in [4.69, 9.17) is 16.7 Å². The maximum Gasteiger partial charge on any atom is 0.0434 e. The predicted molar refractivity (Wildman–Crippen MR) is 63.5 cm³/mol. The van der Waals surface area contributed by atoms with Gasteiger partial charge in [-0.3, -0.25) is 0 Å². The van der Waals surface area contributed by atoms with Crippen molar-refractivity contribution in [2.24, 2.45) is 5.92 Å². The molecular weight excluding hydrogens is 210 g/mol. The Labute approximate surface area is 95.5 Å². The van der Waals surface area contributed by atoms with Gasteiger partial charge in [0.2, 0.25) is 0 Å². The normalized spacial score (nSPS) is 20.9. The van der Waals surface area contributed by atoms with Crippen LogP contribution in [0.1, 0.15) is 12.8 Å². The molecule has 1 fully saturated rings. The molecule has 2 nitrogen and oxygen atoms in total. The van der Waals surface area contributed by atoms with Crippen LogP contribution < -0.4 is 4.90 Å². The van der Waals surface area contributed by atoms with E-state index in [0.717, 1.165) is 24.5 Å². The summed E-state index contributed by atoms with van der Waals surface area (Å²) in [6.07, 6.45) is 2.09. The number of aliphatic hydroxyl groups is 1. The fourth-order valence-electron chi connectivity index (χ4n) is 2.16. The van der Waals surface area contributed by atoms with Crippen LogP contribution in [0.2, 0.25) is 5.02 Å². The Bertz CT molecular complexity index is 329. The Morgan fingerprint density at radius 2 is 2.33 bits per heavy atom. The quantitative estimate of drug-likeness (QED) is 0.855. The molecule has 1 atom stereocenters. The third kappa shape index (κ3) is 2.64. The highest BCUT2D eigenvalue weighted by Crippen LogP contribution is 2.27.